The number of ether oxygens (including phenoxy) is 1. The first-order valence-corrected chi connectivity index (χ1v) is 9.59. The second kappa shape index (κ2) is 7.18. The number of pyridine rings is 1. The Bertz CT molecular complexity index is 1190. The van der Waals surface area contributed by atoms with Crippen LogP contribution in [0.15, 0.2) is 61.1 Å². The lowest BCUT2D eigenvalue weighted by molar-refractivity contribution is -0.0198. The van der Waals surface area contributed by atoms with Crippen LogP contribution >= 0.6 is 0 Å². The number of carbonyl (C=O) groups excluding carboxylic acids is 1. The molecule has 0 spiro atoms. The zero-order valence-corrected chi connectivity index (χ0v) is 15.7. The number of piperidine rings is 1. The summed E-state index contributed by atoms with van der Waals surface area (Å²) in [6.45, 7) is 0.754. The minimum Gasteiger partial charge on any atom is -0.488 e. The molecule has 3 heterocycles. The topological polar surface area (TPSA) is 91.3 Å². The van der Waals surface area contributed by atoms with Crippen molar-refractivity contribution in [1.29, 1.82) is 0 Å². The van der Waals surface area contributed by atoms with E-state index in [0.29, 0.717) is 24.3 Å². The maximum atomic E-state index is 12.9. The third-order valence-electron chi connectivity index (χ3n) is 5.34. The molecule has 2 aromatic carbocycles. The standard InChI is InChI=1S/C22H20N4O3/c27-20-12-26(22(28)15-4-6-17-19(10-15)25-13-24-17)9-7-21(20)29-16-5-3-14-2-1-8-23-18(14)11-16/h1-6,8,10-11,13,20-21,27H,7,9,12H2,(H,24,25)/t20-,21-/m1/s1. The van der Waals surface area contributed by atoms with Crippen molar-refractivity contribution in [1.82, 2.24) is 19.9 Å². The number of benzene rings is 2. The van der Waals surface area contributed by atoms with Gasteiger partial charge in [0.05, 0.1) is 29.4 Å². The molecule has 0 saturated carbocycles. The Morgan fingerprint density at radius 1 is 1.14 bits per heavy atom. The van der Waals surface area contributed by atoms with Gasteiger partial charge in [-0.25, -0.2) is 4.98 Å². The number of aromatic amines is 1. The second-order valence-electron chi connectivity index (χ2n) is 7.26. The number of aliphatic hydroxyl groups excluding tert-OH is 1. The number of carbonyl (C=O) groups is 1. The van der Waals surface area contributed by atoms with E-state index >= 15 is 0 Å². The van der Waals surface area contributed by atoms with Crippen molar-refractivity contribution in [3.05, 3.63) is 66.6 Å². The van der Waals surface area contributed by atoms with E-state index < -0.39 is 6.10 Å². The monoisotopic (exact) mass is 388 g/mol. The van der Waals surface area contributed by atoms with Gasteiger partial charge in [-0.15, -0.1) is 0 Å². The predicted octanol–water partition coefficient (Wildman–Crippen LogP) is 2.77. The van der Waals surface area contributed by atoms with Crippen molar-refractivity contribution in [2.45, 2.75) is 18.6 Å². The molecule has 1 fully saturated rings. The summed E-state index contributed by atoms with van der Waals surface area (Å²) in [6.07, 6.45) is 2.78. The van der Waals surface area contributed by atoms with E-state index in [1.54, 1.807) is 29.6 Å². The molecule has 2 aromatic heterocycles. The Morgan fingerprint density at radius 3 is 2.97 bits per heavy atom. The summed E-state index contributed by atoms with van der Waals surface area (Å²) in [4.78, 5) is 26.1. The molecule has 29 heavy (non-hydrogen) atoms. The van der Waals surface area contributed by atoms with Gasteiger partial charge in [0.15, 0.2) is 0 Å². The molecule has 1 amide bonds. The van der Waals surface area contributed by atoms with Gasteiger partial charge in [0.1, 0.15) is 18.0 Å². The van der Waals surface area contributed by atoms with Gasteiger partial charge >= 0.3 is 0 Å². The Morgan fingerprint density at radius 2 is 2.07 bits per heavy atom. The van der Waals surface area contributed by atoms with Crippen molar-refractivity contribution in [2.75, 3.05) is 13.1 Å². The van der Waals surface area contributed by atoms with E-state index in [1.165, 1.54) is 0 Å². The smallest absolute Gasteiger partial charge is 0.254 e. The zero-order valence-electron chi connectivity index (χ0n) is 15.7. The minimum atomic E-state index is -0.761. The molecule has 0 bridgehead atoms. The number of aromatic nitrogens is 3. The van der Waals surface area contributed by atoms with E-state index in [2.05, 4.69) is 15.0 Å². The van der Waals surface area contributed by atoms with Crippen LogP contribution in [-0.2, 0) is 0 Å². The molecular formula is C22H20N4O3. The highest BCUT2D eigenvalue weighted by Crippen LogP contribution is 2.24. The fourth-order valence-corrected chi connectivity index (χ4v) is 3.78. The van der Waals surface area contributed by atoms with E-state index in [4.69, 9.17) is 4.74 Å². The van der Waals surface area contributed by atoms with Gasteiger partial charge in [-0.3, -0.25) is 9.78 Å². The molecule has 0 unspecified atom stereocenters. The Balaban J connectivity index is 1.27. The van der Waals surface area contributed by atoms with Gasteiger partial charge in [0.2, 0.25) is 0 Å². The molecule has 1 aliphatic rings. The molecule has 5 rings (SSSR count). The normalized spacial score (nSPS) is 19.6. The molecule has 2 N–H and O–H groups in total. The first-order valence-electron chi connectivity index (χ1n) is 9.59. The van der Waals surface area contributed by atoms with Gasteiger partial charge in [-0.1, -0.05) is 6.07 Å². The number of H-pyrrole nitrogens is 1. The molecule has 7 heteroatoms. The highest BCUT2D eigenvalue weighted by atomic mass is 16.5. The van der Waals surface area contributed by atoms with Crippen LogP contribution in [0.2, 0.25) is 0 Å². The summed E-state index contributed by atoms with van der Waals surface area (Å²) >= 11 is 0. The maximum absolute atomic E-state index is 12.9. The molecule has 0 aliphatic carbocycles. The number of imidazole rings is 1. The number of β-amino-alcohol motifs (C(OH)–C–C–N with tert-alkyl or cyclic N) is 1. The number of amides is 1. The number of nitrogens with zero attached hydrogens (tertiary/aromatic N) is 3. The zero-order chi connectivity index (χ0) is 19.8. The van der Waals surface area contributed by atoms with Crippen molar-refractivity contribution >= 4 is 27.8 Å². The third kappa shape index (κ3) is 3.40. The number of nitrogens with one attached hydrogen (secondary N) is 1. The SMILES string of the molecule is O=C(c1ccc2nc[nH]c2c1)N1CC[C@@H](Oc2ccc3cccnc3c2)[C@H](O)C1. The summed E-state index contributed by atoms with van der Waals surface area (Å²) in [5, 5.41) is 11.6. The van der Waals surface area contributed by atoms with E-state index in [-0.39, 0.29) is 18.6 Å². The lowest BCUT2D eigenvalue weighted by atomic mass is 10.0. The summed E-state index contributed by atoms with van der Waals surface area (Å²) < 4.78 is 6.02. The van der Waals surface area contributed by atoms with Gasteiger partial charge in [0.25, 0.3) is 5.91 Å². The number of hydrogen-bond donors (Lipinski definition) is 2. The van der Waals surface area contributed by atoms with E-state index in [1.807, 2.05) is 36.4 Å². The van der Waals surface area contributed by atoms with Gasteiger partial charge in [-0.05, 0) is 36.4 Å². The lowest BCUT2D eigenvalue weighted by Crippen LogP contribution is -2.51. The predicted molar refractivity (Wildman–Crippen MR) is 109 cm³/mol. The van der Waals surface area contributed by atoms with Crippen LogP contribution in [0.3, 0.4) is 0 Å². The fraction of sp³-hybridized carbons (Fsp3) is 0.227. The van der Waals surface area contributed by atoms with E-state index in [0.717, 1.165) is 21.9 Å². The molecule has 7 nitrogen and oxygen atoms in total. The second-order valence-corrected chi connectivity index (χ2v) is 7.26. The van der Waals surface area contributed by atoms with Crippen LogP contribution in [-0.4, -0.2) is 56.2 Å². The first-order chi connectivity index (χ1) is 14.2. The summed E-state index contributed by atoms with van der Waals surface area (Å²) in [7, 11) is 0. The largest absolute Gasteiger partial charge is 0.488 e. The molecule has 1 saturated heterocycles. The Kier molecular flexibility index (Phi) is 4.37. The number of rotatable bonds is 3. The Labute approximate surface area is 167 Å². The minimum absolute atomic E-state index is 0.103. The number of fused-ring (bicyclic) bond motifs is 2. The lowest BCUT2D eigenvalue weighted by Gasteiger charge is -2.36. The molecule has 4 aromatic rings. The molecule has 146 valence electrons. The van der Waals surface area contributed by atoms with Crippen molar-refractivity contribution in [3.8, 4) is 5.75 Å². The first kappa shape index (κ1) is 17.6. The highest BCUT2D eigenvalue weighted by Gasteiger charge is 2.32. The van der Waals surface area contributed by atoms with Crippen molar-refractivity contribution in [3.63, 3.8) is 0 Å². The third-order valence-corrected chi connectivity index (χ3v) is 5.34. The summed E-state index contributed by atoms with van der Waals surface area (Å²) in [5.41, 5.74) is 3.06. The number of hydrogen-bond acceptors (Lipinski definition) is 5. The van der Waals surface area contributed by atoms with Crippen LogP contribution < -0.4 is 4.74 Å². The molecule has 0 radical (unpaired) electrons. The van der Waals surface area contributed by atoms with Gasteiger partial charge in [0, 0.05) is 36.2 Å². The van der Waals surface area contributed by atoms with Crippen LogP contribution in [0.1, 0.15) is 16.8 Å². The summed E-state index contributed by atoms with van der Waals surface area (Å²) in [6, 6.07) is 15.0. The van der Waals surface area contributed by atoms with E-state index in [9.17, 15) is 9.90 Å². The maximum Gasteiger partial charge on any atom is 0.254 e. The number of aliphatic hydroxyl groups is 1. The Hall–Kier alpha value is -3.45. The van der Waals surface area contributed by atoms with Crippen LogP contribution in [0.4, 0.5) is 0 Å². The fourth-order valence-electron chi connectivity index (χ4n) is 3.78. The summed E-state index contributed by atoms with van der Waals surface area (Å²) in [5.74, 6) is 0.568. The van der Waals surface area contributed by atoms with Gasteiger partial charge < -0.3 is 19.7 Å². The number of likely N-dealkylation sites (tertiary alicyclic amines) is 1. The highest BCUT2D eigenvalue weighted by molar-refractivity contribution is 5.97. The van der Waals surface area contributed by atoms with Crippen LogP contribution in [0.25, 0.3) is 21.9 Å². The molecule has 2 atom stereocenters. The van der Waals surface area contributed by atoms with Crippen LogP contribution in [0.5, 0.6) is 5.75 Å². The quantitative estimate of drug-likeness (QED) is 0.563. The van der Waals surface area contributed by atoms with Crippen LogP contribution in [0, 0.1) is 0 Å². The average Bonchev–Trinajstić information content (AvgIpc) is 3.22. The van der Waals surface area contributed by atoms with Crippen molar-refractivity contribution < 1.29 is 14.6 Å². The van der Waals surface area contributed by atoms with Crippen molar-refractivity contribution in [2.24, 2.45) is 0 Å². The molecule has 1 aliphatic heterocycles. The average molecular weight is 388 g/mol. The van der Waals surface area contributed by atoms with Gasteiger partial charge in [-0.2, -0.15) is 0 Å². The molecular weight excluding hydrogens is 368 g/mol.